The van der Waals surface area contributed by atoms with Crippen molar-refractivity contribution in [2.75, 3.05) is 0 Å². The monoisotopic (exact) mass is 382 g/mol. The Morgan fingerprint density at radius 1 is 1.33 bits per heavy atom. The van der Waals surface area contributed by atoms with E-state index < -0.39 is 17.0 Å². The summed E-state index contributed by atoms with van der Waals surface area (Å²) in [5, 5.41) is 10.0. The molecular weight excluding hydrogens is 366 g/mol. The van der Waals surface area contributed by atoms with E-state index in [0.717, 1.165) is 3.57 Å². The Morgan fingerprint density at radius 2 is 1.89 bits per heavy atom. The molecule has 0 aliphatic heterocycles. The molecule has 1 aromatic carbocycles. The lowest BCUT2D eigenvalue weighted by Crippen LogP contribution is -2.52. The minimum Gasteiger partial charge on any atom is -0.478 e. The van der Waals surface area contributed by atoms with E-state index in [4.69, 9.17) is 16.3 Å². The highest BCUT2D eigenvalue weighted by atomic mass is 127. The molecule has 0 aromatic heterocycles. The summed E-state index contributed by atoms with van der Waals surface area (Å²) in [5.41, 5.74) is -1.84. The Kier molecular flexibility index (Phi) is 4.54. The third-order valence-electron chi connectivity index (χ3n) is 3.05. The first-order valence-electron chi connectivity index (χ1n) is 5.45. The van der Waals surface area contributed by atoms with Crippen LogP contribution in [0.25, 0.3) is 0 Å². The SMILES string of the molecule is CC(C)(C)[C@](C)(Oc1ccc(Cl)cc1I)C(=O)O. The number of rotatable bonds is 3. The number of carboxylic acid groups (broad SMARTS) is 1. The summed E-state index contributed by atoms with van der Waals surface area (Å²) < 4.78 is 6.54. The van der Waals surface area contributed by atoms with Gasteiger partial charge in [-0.25, -0.2) is 4.79 Å². The molecule has 0 saturated heterocycles. The van der Waals surface area contributed by atoms with Crippen LogP contribution in [0.15, 0.2) is 18.2 Å². The van der Waals surface area contributed by atoms with Crippen molar-refractivity contribution in [2.45, 2.75) is 33.3 Å². The summed E-state index contributed by atoms with van der Waals surface area (Å²) >= 11 is 7.94. The number of hydrogen-bond donors (Lipinski definition) is 1. The number of aliphatic carboxylic acids is 1. The number of carboxylic acids is 1. The third-order valence-corrected chi connectivity index (χ3v) is 4.13. The predicted octanol–water partition coefficient (Wildman–Crippen LogP) is 4.21. The maximum absolute atomic E-state index is 11.5. The molecule has 0 saturated carbocycles. The van der Waals surface area contributed by atoms with Gasteiger partial charge in [-0.1, -0.05) is 32.4 Å². The molecule has 0 fully saturated rings. The second-order valence-corrected chi connectivity index (χ2v) is 6.86. The molecule has 0 spiro atoms. The van der Waals surface area contributed by atoms with Crippen molar-refractivity contribution < 1.29 is 14.6 Å². The largest absolute Gasteiger partial charge is 0.478 e. The molecule has 3 nitrogen and oxygen atoms in total. The van der Waals surface area contributed by atoms with E-state index >= 15 is 0 Å². The van der Waals surface area contributed by atoms with Crippen LogP contribution in [0.1, 0.15) is 27.7 Å². The van der Waals surface area contributed by atoms with Crippen LogP contribution >= 0.6 is 34.2 Å². The molecule has 18 heavy (non-hydrogen) atoms. The van der Waals surface area contributed by atoms with Gasteiger partial charge in [-0.15, -0.1) is 0 Å². The zero-order valence-corrected chi connectivity index (χ0v) is 13.7. The Hall–Kier alpha value is -0.490. The number of carbonyl (C=O) groups is 1. The maximum Gasteiger partial charge on any atom is 0.348 e. The second-order valence-electron chi connectivity index (χ2n) is 5.27. The van der Waals surface area contributed by atoms with Gasteiger partial charge in [0.1, 0.15) is 5.75 Å². The van der Waals surface area contributed by atoms with Gasteiger partial charge in [-0.3, -0.25) is 0 Å². The van der Waals surface area contributed by atoms with Gasteiger partial charge in [0, 0.05) is 10.4 Å². The highest BCUT2D eigenvalue weighted by Crippen LogP contribution is 2.37. The van der Waals surface area contributed by atoms with Gasteiger partial charge in [0.15, 0.2) is 0 Å². The first kappa shape index (κ1) is 15.6. The summed E-state index contributed by atoms with van der Waals surface area (Å²) in [4.78, 5) is 11.5. The van der Waals surface area contributed by atoms with Crippen LogP contribution in [0.5, 0.6) is 5.75 Å². The lowest BCUT2D eigenvalue weighted by molar-refractivity contribution is -0.163. The van der Waals surface area contributed by atoms with E-state index in [9.17, 15) is 9.90 Å². The van der Waals surface area contributed by atoms with Gasteiger partial charge >= 0.3 is 5.97 Å². The minimum absolute atomic E-state index is 0.528. The van der Waals surface area contributed by atoms with Crippen LogP contribution in [0, 0.1) is 8.99 Å². The van der Waals surface area contributed by atoms with Crippen LogP contribution in [0.3, 0.4) is 0 Å². The Bertz CT molecular complexity index is 468. The van der Waals surface area contributed by atoms with Gasteiger partial charge in [-0.05, 0) is 47.7 Å². The molecule has 0 amide bonds. The van der Waals surface area contributed by atoms with E-state index in [2.05, 4.69) is 22.6 Å². The number of benzene rings is 1. The molecule has 1 aromatic rings. The van der Waals surface area contributed by atoms with Crippen molar-refractivity contribution in [1.82, 2.24) is 0 Å². The van der Waals surface area contributed by atoms with Gasteiger partial charge in [0.25, 0.3) is 0 Å². The van der Waals surface area contributed by atoms with Crippen LogP contribution in [-0.2, 0) is 4.79 Å². The van der Waals surface area contributed by atoms with Gasteiger partial charge in [0.2, 0.25) is 5.60 Å². The van der Waals surface area contributed by atoms with Crippen molar-refractivity contribution in [3.63, 3.8) is 0 Å². The van der Waals surface area contributed by atoms with Crippen molar-refractivity contribution >= 4 is 40.2 Å². The lowest BCUT2D eigenvalue weighted by Gasteiger charge is -2.38. The quantitative estimate of drug-likeness (QED) is 0.797. The normalized spacial score (nSPS) is 15.0. The molecule has 5 heteroatoms. The zero-order chi connectivity index (χ0) is 14.1. The van der Waals surface area contributed by atoms with Gasteiger partial charge in [0.05, 0.1) is 3.57 Å². The third kappa shape index (κ3) is 3.09. The fraction of sp³-hybridized carbons (Fsp3) is 0.462. The van der Waals surface area contributed by atoms with E-state index in [-0.39, 0.29) is 0 Å². The molecule has 0 radical (unpaired) electrons. The average Bonchev–Trinajstić information content (AvgIpc) is 2.20. The Balaban J connectivity index is 3.17. The van der Waals surface area contributed by atoms with Crippen LogP contribution in [-0.4, -0.2) is 16.7 Å². The summed E-state index contributed by atoms with van der Waals surface area (Å²) in [6, 6.07) is 5.11. The number of hydrogen-bond acceptors (Lipinski definition) is 2. The Labute approximate surface area is 126 Å². The average molecular weight is 383 g/mol. The molecule has 1 rings (SSSR count). The predicted molar refractivity (Wildman–Crippen MR) is 80.3 cm³/mol. The molecule has 1 N–H and O–H groups in total. The molecule has 0 aliphatic carbocycles. The number of halogens is 2. The van der Waals surface area contributed by atoms with Gasteiger partial charge < -0.3 is 9.84 Å². The van der Waals surface area contributed by atoms with E-state index in [1.165, 1.54) is 0 Å². The summed E-state index contributed by atoms with van der Waals surface area (Å²) in [5.74, 6) is -0.458. The summed E-state index contributed by atoms with van der Waals surface area (Å²) in [6.45, 7) is 7.09. The number of ether oxygens (including phenoxy) is 1. The van der Waals surface area contributed by atoms with E-state index in [1.54, 1.807) is 25.1 Å². The molecule has 100 valence electrons. The highest BCUT2D eigenvalue weighted by Gasteiger charge is 2.47. The van der Waals surface area contributed by atoms with Crippen molar-refractivity contribution in [3.8, 4) is 5.75 Å². The second kappa shape index (κ2) is 5.25. The van der Waals surface area contributed by atoms with Crippen LogP contribution in [0.4, 0.5) is 0 Å². The van der Waals surface area contributed by atoms with Crippen LogP contribution < -0.4 is 4.74 Å². The van der Waals surface area contributed by atoms with Crippen LogP contribution in [0.2, 0.25) is 5.02 Å². The fourth-order valence-electron chi connectivity index (χ4n) is 1.30. The molecule has 0 bridgehead atoms. The van der Waals surface area contributed by atoms with Gasteiger partial charge in [-0.2, -0.15) is 0 Å². The topological polar surface area (TPSA) is 46.5 Å². The molecule has 1 atom stereocenters. The first-order chi connectivity index (χ1) is 8.08. The van der Waals surface area contributed by atoms with E-state index in [0.29, 0.717) is 10.8 Å². The lowest BCUT2D eigenvalue weighted by atomic mass is 9.77. The van der Waals surface area contributed by atoms with Crippen molar-refractivity contribution in [3.05, 3.63) is 26.8 Å². The van der Waals surface area contributed by atoms with Crippen molar-refractivity contribution in [2.24, 2.45) is 5.41 Å². The highest BCUT2D eigenvalue weighted by molar-refractivity contribution is 14.1. The Morgan fingerprint density at radius 3 is 2.28 bits per heavy atom. The summed E-state index contributed by atoms with van der Waals surface area (Å²) in [6.07, 6.45) is 0. The smallest absolute Gasteiger partial charge is 0.348 e. The molecular formula is C13H16ClIO3. The standard InChI is InChI=1S/C13H16ClIO3/c1-12(2,3)13(4,11(16)17)18-10-6-5-8(14)7-9(10)15/h5-7H,1-4H3,(H,16,17)/t13-/m1/s1. The van der Waals surface area contributed by atoms with Crippen molar-refractivity contribution in [1.29, 1.82) is 0 Å². The molecule has 0 heterocycles. The zero-order valence-electron chi connectivity index (χ0n) is 10.8. The maximum atomic E-state index is 11.5. The molecule has 0 aliphatic rings. The molecule has 0 unspecified atom stereocenters. The summed E-state index contributed by atoms with van der Waals surface area (Å²) in [7, 11) is 0. The first-order valence-corrected chi connectivity index (χ1v) is 6.91. The fourth-order valence-corrected chi connectivity index (χ4v) is 2.28. The van der Waals surface area contributed by atoms with E-state index in [1.807, 2.05) is 20.8 Å². The minimum atomic E-state index is -1.30.